The predicted molar refractivity (Wildman–Crippen MR) is 92.8 cm³/mol. The van der Waals surface area contributed by atoms with Gasteiger partial charge in [-0.1, -0.05) is 61.0 Å². The molecule has 1 heterocycles. The summed E-state index contributed by atoms with van der Waals surface area (Å²) in [5.74, 6) is 0. The molecule has 0 bridgehead atoms. The smallest absolute Gasteiger partial charge is 0.0655 e. The number of benzene rings is 1. The molecule has 0 radical (unpaired) electrons. The van der Waals surface area contributed by atoms with Crippen molar-refractivity contribution in [2.75, 3.05) is 26.2 Å². The highest BCUT2D eigenvalue weighted by Crippen LogP contribution is 2.40. The van der Waals surface area contributed by atoms with E-state index in [1.54, 1.807) is 6.07 Å². The summed E-state index contributed by atoms with van der Waals surface area (Å²) in [6.45, 7) is 6.30. The highest BCUT2D eigenvalue weighted by molar-refractivity contribution is 6.44. The normalized spacial score (nSPS) is 17.9. The molecule has 1 N–H and O–H groups in total. The highest BCUT2D eigenvalue weighted by Gasteiger charge is 2.26. The third kappa shape index (κ3) is 4.49. The standard InChI is InChI=1S/C16H23Cl3N2/c1-2-3-4-5-14(21-10-8-20-9-11-21)15-12(17)6-7-13(18)16(15)19/h6-7,14,20H,2-5,8-11H2,1H3/t14-/m0/s1. The van der Waals surface area contributed by atoms with Gasteiger partial charge in [-0.15, -0.1) is 0 Å². The Bertz CT molecular complexity index is 459. The molecule has 0 amide bonds. The quantitative estimate of drug-likeness (QED) is 0.563. The summed E-state index contributed by atoms with van der Waals surface area (Å²) < 4.78 is 0. The molecule has 1 aromatic carbocycles. The van der Waals surface area contributed by atoms with Gasteiger partial charge in [0.15, 0.2) is 0 Å². The van der Waals surface area contributed by atoms with Gasteiger partial charge < -0.3 is 5.32 Å². The molecule has 1 aliphatic heterocycles. The Morgan fingerprint density at radius 1 is 1.10 bits per heavy atom. The van der Waals surface area contributed by atoms with Gasteiger partial charge in [-0.2, -0.15) is 0 Å². The van der Waals surface area contributed by atoms with Gasteiger partial charge in [0.1, 0.15) is 0 Å². The summed E-state index contributed by atoms with van der Waals surface area (Å²) in [4.78, 5) is 2.48. The second-order valence-corrected chi connectivity index (χ2v) is 6.75. The van der Waals surface area contributed by atoms with Crippen LogP contribution in [-0.2, 0) is 0 Å². The minimum atomic E-state index is 0.261. The zero-order chi connectivity index (χ0) is 15.2. The molecule has 1 aliphatic rings. The monoisotopic (exact) mass is 348 g/mol. The predicted octanol–water partition coefficient (Wildman–Crippen LogP) is 5.17. The maximum Gasteiger partial charge on any atom is 0.0655 e. The van der Waals surface area contributed by atoms with Gasteiger partial charge in [0.05, 0.1) is 10.0 Å². The molecule has 0 saturated carbocycles. The molecule has 0 unspecified atom stereocenters. The van der Waals surface area contributed by atoms with Crippen LogP contribution in [0.3, 0.4) is 0 Å². The minimum Gasteiger partial charge on any atom is -0.314 e. The van der Waals surface area contributed by atoms with Crippen LogP contribution in [0.15, 0.2) is 12.1 Å². The Balaban J connectivity index is 2.27. The Kier molecular flexibility index (Phi) is 7.11. The van der Waals surface area contributed by atoms with E-state index in [0.29, 0.717) is 10.0 Å². The van der Waals surface area contributed by atoms with Gasteiger partial charge in [0.2, 0.25) is 0 Å². The molecule has 2 nitrogen and oxygen atoms in total. The lowest BCUT2D eigenvalue weighted by molar-refractivity contribution is 0.163. The van der Waals surface area contributed by atoms with Crippen molar-refractivity contribution in [3.63, 3.8) is 0 Å². The number of hydrogen-bond acceptors (Lipinski definition) is 2. The summed E-state index contributed by atoms with van der Waals surface area (Å²) >= 11 is 19.1. The third-order valence-corrected chi connectivity index (χ3v) is 5.23. The van der Waals surface area contributed by atoms with Gasteiger partial charge in [0, 0.05) is 42.8 Å². The van der Waals surface area contributed by atoms with Crippen molar-refractivity contribution in [1.82, 2.24) is 10.2 Å². The van der Waals surface area contributed by atoms with E-state index in [4.69, 9.17) is 34.8 Å². The van der Waals surface area contributed by atoms with Gasteiger partial charge in [-0.05, 0) is 18.6 Å². The topological polar surface area (TPSA) is 15.3 Å². The summed E-state index contributed by atoms with van der Waals surface area (Å²) in [5, 5.41) is 5.33. The van der Waals surface area contributed by atoms with Crippen LogP contribution >= 0.6 is 34.8 Å². The number of hydrogen-bond donors (Lipinski definition) is 1. The van der Waals surface area contributed by atoms with Crippen molar-refractivity contribution in [3.8, 4) is 0 Å². The van der Waals surface area contributed by atoms with E-state index in [0.717, 1.165) is 43.2 Å². The number of rotatable bonds is 6. The van der Waals surface area contributed by atoms with Crippen molar-refractivity contribution in [2.24, 2.45) is 0 Å². The molecule has 1 saturated heterocycles. The van der Waals surface area contributed by atoms with E-state index in [1.165, 1.54) is 19.3 Å². The largest absolute Gasteiger partial charge is 0.314 e. The van der Waals surface area contributed by atoms with E-state index >= 15 is 0 Å². The van der Waals surface area contributed by atoms with Crippen LogP contribution in [0.4, 0.5) is 0 Å². The fraction of sp³-hybridized carbons (Fsp3) is 0.625. The van der Waals surface area contributed by atoms with Crippen molar-refractivity contribution >= 4 is 34.8 Å². The maximum absolute atomic E-state index is 6.47. The maximum atomic E-state index is 6.47. The number of halogens is 3. The molecule has 1 aromatic rings. The molecule has 0 aromatic heterocycles. The Morgan fingerprint density at radius 3 is 2.43 bits per heavy atom. The summed E-state index contributed by atoms with van der Waals surface area (Å²) in [5.41, 5.74) is 1.00. The lowest BCUT2D eigenvalue weighted by atomic mass is 9.98. The van der Waals surface area contributed by atoms with E-state index in [-0.39, 0.29) is 6.04 Å². The van der Waals surface area contributed by atoms with E-state index in [1.807, 2.05) is 6.07 Å². The fourth-order valence-electron chi connectivity index (χ4n) is 2.94. The molecular weight excluding hydrogens is 327 g/mol. The lowest BCUT2D eigenvalue weighted by Gasteiger charge is -2.36. The number of nitrogens with one attached hydrogen (secondary N) is 1. The summed E-state index contributed by atoms with van der Waals surface area (Å²) in [6, 6.07) is 3.90. The third-order valence-electron chi connectivity index (χ3n) is 4.09. The number of nitrogens with zero attached hydrogens (tertiary/aromatic N) is 1. The van der Waals surface area contributed by atoms with E-state index in [9.17, 15) is 0 Å². The Labute approximate surface area is 142 Å². The van der Waals surface area contributed by atoms with E-state index < -0.39 is 0 Å². The van der Waals surface area contributed by atoms with Gasteiger partial charge in [0.25, 0.3) is 0 Å². The summed E-state index contributed by atoms with van der Waals surface area (Å²) in [6.07, 6.45) is 4.71. The summed E-state index contributed by atoms with van der Waals surface area (Å²) in [7, 11) is 0. The molecule has 0 spiro atoms. The molecule has 21 heavy (non-hydrogen) atoms. The van der Waals surface area contributed by atoms with Gasteiger partial charge >= 0.3 is 0 Å². The Morgan fingerprint density at radius 2 is 1.76 bits per heavy atom. The SMILES string of the molecule is CCCCC[C@@H](c1c(Cl)ccc(Cl)c1Cl)N1CCNCC1. The molecule has 118 valence electrons. The molecule has 0 aliphatic carbocycles. The van der Waals surface area contributed by atoms with Crippen LogP contribution in [0.5, 0.6) is 0 Å². The average molecular weight is 350 g/mol. The van der Waals surface area contributed by atoms with Crippen LogP contribution in [0.1, 0.15) is 44.2 Å². The lowest BCUT2D eigenvalue weighted by Crippen LogP contribution is -2.45. The number of piperazine rings is 1. The van der Waals surface area contributed by atoms with Crippen LogP contribution in [0.2, 0.25) is 15.1 Å². The van der Waals surface area contributed by atoms with Crippen molar-refractivity contribution in [1.29, 1.82) is 0 Å². The molecule has 2 rings (SSSR count). The van der Waals surface area contributed by atoms with Crippen LogP contribution in [0.25, 0.3) is 0 Å². The first kappa shape index (κ1) is 17.4. The van der Waals surface area contributed by atoms with Crippen LogP contribution < -0.4 is 5.32 Å². The first-order valence-corrected chi connectivity index (χ1v) is 8.86. The van der Waals surface area contributed by atoms with Gasteiger partial charge in [-0.25, -0.2) is 0 Å². The zero-order valence-electron chi connectivity index (χ0n) is 12.5. The second kappa shape index (κ2) is 8.59. The molecule has 1 atom stereocenters. The van der Waals surface area contributed by atoms with Crippen molar-refractivity contribution < 1.29 is 0 Å². The molecular formula is C16H23Cl3N2. The van der Waals surface area contributed by atoms with Gasteiger partial charge in [-0.3, -0.25) is 4.90 Å². The van der Waals surface area contributed by atoms with Crippen molar-refractivity contribution in [2.45, 2.75) is 38.6 Å². The molecule has 1 fully saturated rings. The zero-order valence-corrected chi connectivity index (χ0v) is 14.7. The Hall–Kier alpha value is 0.01000. The van der Waals surface area contributed by atoms with Crippen molar-refractivity contribution in [3.05, 3.63) is 32.8 Å². The molecule has 5 heteroatoms. The van der Waals surface area contributed by atoms with Crippen LogP contribution in [-0.4, -0.2) is 31.1 Å². The highest BCUT2D eigenvalue weighted by atomic mass is 35.5. The first-order valence-electron chi connectivity index (χ1n) is 7.73. The fourth-order valence-corrected chi connectivity index (χ4v) is 3.73. The first-order chi connectivity index (χ1) is 10.1. The second-order valence-electron chi connectivity index (χ2n) is 5.55. The average Bonchev–Trinajstić information content (AvgIpc) is 2.51. The minimum absolute atomic E-state index is 0.261. The van der Waals surface area contributed by atoms with Crippen LogP contribution in [0, 0.1) is 0 Å². The van der Waals surface area contributed by atoms with E-state index in [2.05, 4.69) is 17.1 Å². The number of unbranched alkanes of at least 4 members (excludes halogenated alkanes) is 2.